The van der Waals surface area contributed by atoms with Crippen molar-refractivity contribution in [1.29, 1.82) is 0 Å². The molecule has 0 unspecified atom stereocenters. The molecule has 0 radical (unpaired) electrons. The second kappa shape index (κ2) is 14.7. The van der Waals surface area contributed by atoms with Crippen LogP contribution in [0.15, 0.2) is 223 Å². The third kappa shape index (κ3) is 5.98. The van der Waals surface area contributed by atoms with Gasteiger partial charge in [0.15, 0.2) is 17.5 Å². The fourth-order valence-electron chi connectivity index (χ4n) is 8.56. The molecule has 0 atom stereocenters. The van der Waals surface area contributed by atoms with Crippen LogP contribution in [0.3, 0.4) is 0 Å². The minimum absolute atomic E-state index is 0.0121. The van der Waals surface area contributed by atoms with Gasteiger partial charge in [0.2, 0.25) is 0 Å². The SMILES string of the molecule is [2H]c1cc([2H])c2oc3c(-c4cccc(-c5nc(-c6ccc(-c7ccccc7)cc6)nc(-c6cccc(-c7ccccc7)c6)n5)c4-n4c5ccccc5c5ccccc54)c([2H])c([2H])c([2H])c3c2c1[2H]. The quantitative estimate of drug-likeness (QED) is 0.161. The monoisotopic (exact) mass is 798 g/mol. The van der Waals surface area contributed by atoms with Gasteiger partial charge in [-0.2, -0.15) is 0 Å². The molecule has 0 fully saturated rings. The van der Waals surface area contributed by atoms with Crippen LogP contribution in [-0.4, -0.2) is 19.5 Å². The summed E-state index contributed by atoms with van der Waals surface area (Å²) < 4.78 is 62.8. The lowest BCUT2D eigenvalue weighted by molar-refractivity contribution is 0.670. The predicted molar refractivity (Wildman–Crippen MR) is 254 cm³/mol. The van der Waals surface area contributed by atoms with E-state index >= 15 is 0 Å². The summed E-state index contributed by atoms with van der Waals surface area (Å²) in [5.41, 5.74) is 9.37. The predicted octanol–water partition coefficient (Wildman–Crippen LogP) is 14.9. The van der Waals surface area contributed by atoms with E-state index in [0.29, 0.717) is 34.3 Å². The van der Waals surface area contributed by atoms with Crippen molar-refractivity contribution in [2.75, 3.05) is 0 Å². The zero-order valence-corrected chi connectivity index (χ0v) is 33.0. The Morgan fingerprint density at radius 1 is 0.371 bits per heavy atom. The second-order valence-electron chi connectivity index (χ2n) is 15.1. The van der Waals surface area contributed by atoms with Crippen LogP contribution >= 0.6 is 0 Å². The van der Waals surface area contributed by atoms with Crippen molar-refractivity contribution >= 4 is 43.7 Å². The average molecular weight is 799 g/mol. The van der Waals surface area contributed by atoms with E-state index in [4.69, 9.17) is 24.9 Å². The average Bonchev–Trinajstić information content (AvgIpc) is 3.95. The van der Waals surface area contributed by atoms with Crippen LogP contribution in [0.4, 0.5) is 0 Å². The van der Waals surface area contributed by atoms with E-state index in [1.165, 1.54) is 6.07 Å². The molecule has 0 amide bonds. The first-order valence-corrected chi connectivity index (χ1v) is 20.4. The number of nitrogens with zero attached hydrogens (tertiary/aromatic N) is 4. The highest BCUT2D eigenvalue weighted by Crippen LogP contribution is 2.44. The van der Waals surface area contributed by atoms with Gasteiger partial charge in [-0.05, 0) is 52.6 Å². The van der Waals surface area contributed by atoms with E-state index in [2.05, 4.69) is 65.2 Å². The lowest BCUT2D eigenvalue weighted by Crippen LogP contribution is -2.05. The molecule has 0 spiro atoms. The molecule has 62 heavy (non-hydrogen) atoms. The van der Waals surface area contributed by atoms with Gasteiger partial charge in [-0.1, -0.05) is 188 Å². The number of aromatic nitrogens is 4. The van der Waals surface area contributed by atoms with E-state index in [-0.39, 0.29) is 63.8 Å². The summed E-state index contributed by atoms with van der Waals surface area (Å²) in [4.78, 5) is 15.8. The Bertz CT molecular complexity index is 3930. The number of para-hydroxylation sites is 5. The largest absolute Gasteiger partial charge is 0.455 e. The molecule has 290 valence electrons. The lowest BCUT2D eigenvalue weighted by atomic mass is 9.97. The fraction of sp³-hybridized carbons (Fsp3) is 0. The first kappa shape index (κ1) is 29.7. The maximum absolute atomic E-state index is 9.62. The molecule has 5 heteroatoms. The third-order valence-corrected chi connectivity index (χ3v) is 11.4. The highest BCUT2D eigenvalue weighted by atomic mass is 16.3. The van der Waals surface area contributed by atoms with Gasteiger partial charge in [0.1, 0.15) is 11.2 Å². The van der Waals surface area contributed by atoms with Gasteiger partial charge in [-0.15, -0.1) is 0 Å². The molecule has 0 aliphatic heterocycles. The van der Waals surface area contributed by atoms with Crippen molar-refractivity contribution in [3.8, 4) is 73.2 Å². The van der Waals surface area contributed by atoms with Crippen molar-refractivity contribution in [2.45, 2.75) is 0 Å². The van der Waals surface area contributed by atoms with Crippen LogP contribution in [0.5, 0.6) is 0 Å². The minimum Gasteiger partial charge on any atom is -0.455 e. The standard InChI is InChI=1S/C57H36N4O/c1-3-16-37(17-4-1)39-32-34-40(35-33-39)55-58-56(42-21-13-20-41(36-42)38-18-5-2-6-19-38)60-57(59-55)49-28-14-25-46(48-27-15-26-47-45-24-9-12-31-52(45)62-54(47)48)53(49)61-50-29-10-7-22-43(50)44-23-8-11-30-51(44)61/h1-36H/i9D,15D,24D,26D,27D,31D. The molecule has 12 rings (SSSR count). The number of fused-ring (bicyclic) bond motifs is 6. The maximum atomic E-state index is 9.62. The normalized spacial score (nSPS) is 12.9. The molecule has 12 aromatic rings. The Morgan fingerprint density at radius 3 is 1.66 bits per heavy atom. The number of hydrogen-bond acceptors (Lipinski definition) is 4. The van der Waals surface area contributed by atoms with Crippen LogP contribution in [0, 0.1) is 0 Å². The van der Waals surface area contributed by atoms with Crippen molar-refractivity contribution < 1.29 is 12.6 Å². The minimum atomic E-state index is -0.378. The van der Waals surface area contributed by atoms with Crippen molar-refractivity contribution in [3.63, 3.8) is 0 Å². The molecular formula is C57H36N4O. The summed E-state index contributed by atoms with van der Waals surface area (Å²) in [6.07, 6.45) is 0. The summed E-state index contributed by atoms with van der Waals surface area (Å²) in [6.45, 7) is 0. The first-order chi connectivity index (χ1) is 33.2. The van der Waals surface area contributed by atoms with Gasteiger partial charge >= 0.3 is 0 Å². The zero-order valence-electron chi connectivity index (χ0n) is 39.0. The number of benzene rings is 9. The summed E-state index contributed by atoms with van der Waals surface area (Å²) in [5.74, 6) is 1.23. The van der Waals surface area contributed by atoms with E-state index in [0.717, 1.165) is 55.2 Å². The van der Waals surface area contributed by atoms with Gasteiger partial charge in [-0.3, -0.25) is 0 Å². The van der Waals surface area contributed by atoms with Crippen molar-refractivity contribution in [2.24, 2.45) is 0 Å². The van der Waals surface area contributed by atoms with Crippen LogP contribution < -0.4 is 0 Å². The second-order valence-corrected chi connectivity index (χ2v) is 15.1. The summed E-state index contributed by atoms with van der Waals surface area (Å²) in [7, 11) is 0. The van der Waals surface area contributed by atoms with E-state index in [1.807, 2.05) is 115 Å². The number of hydrogen-bond donors (Lipinski definition) is 0. The smallest absolute Gasteiger partial charge is 0.166 e. The summed E-state index contributed by atoms with van der Waals surface area (Å²) >= 11 is 0. The maximum Gasteiger partial charge on any atom is 0.166 e. The topological polar surface area (TPSA) is 56.7 Å². The molecule has 0 saturated heterocycles. The number of furan rings is 1. The first-order valence-electron chi connectivity index (χ1n) is 23.4. The molecular weight excluding hydrogens is 757 g/mol. The van der Waals surface area contributed by atoms with Gasteiger partial charge in [0.05, 0.1) is 24.9 Å². The van der Waals surface area contributed by atoms with Crippen LogP contribution in [-0.2, 0) is 0 Å². The van der Waals surface area contributed by atoms with Gasteiger partial charge in [0.25, 0.3) is 0 Å². The van der Waals surface area contributed by atoms with Crippen LogP contribution in [0.25, 0.3) is 117 Å². The fourth-order valence-corrected chi connectivity index (χ4v) is 8.56. The molecule has 0 aliphatic rings. The number of rotatable bonds is 7. The molecule has 9 aromatic carbocycles. The highest BCUT2D eigenvalue weighted by Gasteiger charge is 2.24. The zero-order chi connectivity index (χ0) is 46.2. The Balaban J connectivity index is 1.19. The molecule has 0 bridgehead atoms. The van der Waals surface area contributed by atoms with E-state index in [9.17, 15) is 2.74 Å². The van der Waals surface area contributed by atoms with Gasteiger partial charge in [0, 0.05) is 49.4 Å². The van der Waals surface area contributed by atoms with E-state index in [1.54, 1.807) is 0 Å². The van der Waals surface area contributed by atoms with Gasteiger partial charge < -0.3 is 8.98 Å². The Morgan fingerprint density at radius 2 is 0.919 bits per heavy atom. The van der Waals surface area contributed by atoms with Gasteiger partial charge in [-0.25, -0.2) is 15.0 Å². The lowest BCUT2D eigenvalue weighted by Gasteiger charge is -2.19. The van der Waals surface area contributed by atoms with E-state index < -0.39 is 0 Å². The molecule has 3 heterocycles. The molecule has 3 aromatic heterocycles. The molecule has 0 aliphatic carbocycles. The Kier molecular flexibility index (Phi) is 7.05. The van der Waals surface area contributed by atoms with Crippen LogP contribution in [0.2, 0.25) is 0 Å². The summed E-state index contributed by atoms with van der Waals surface area (Å²) in [6, 6.07) is 58.2. The Labute approximate surface area is 366 Å². The summed E-state index contributed by atoms with van der Waals surface area (Å²) in [5, 5.41) is 2.17. The third-order valence-electron chi connectivity index (χ3n) is 11.4. The van der Waals surface area contributed by atoms with Crippen molar-refractivity contribution in [1.82, 2.24) is 19.5 Å². The molecule has 0 N–H and O–H groups in total. The molecule has 5 nitrogen and oxygen atoms in total. The highest BCUT2D eigenvalue weighted by molar-refractivity contribution is 6.13. The molecule has 0 saturated carbocycles. The van der Waals surface area contributed by atoms with Crippen molar-refractivity contribution in [3.05, 3.63) is 218 Å². The Hall–Kier alpha value is -8.41. The van der Waals surface area contributed by atoms with Crippen LogP contribution in [0.1, 0.15) is 8.22 Å².